The number of aromatic nitrogens is 1. The summed E-state index contributed by atoms with van der Waals surface area (Å²) >= 11 is 1.65. The molecule has 0 radical (unpaired) electrons. The van der Waals surface area contributed by atoms with Crippen LogP contribution in [0.3, 0.4) is 0 Å². The minimum absolute atomic E-state index is 0.0144. The molecule has 1 aromatic carbocycles. The molecule has 4 nitrogen and oxygen atoms in total. The fourth-order valence-corrected chi connectivity index (χ4v) is 3.43. The van der Waals surface area contributed by atoms with Crippen LogP contribution >= 0.6 is 11.3 Å². The number of hydrogen-bond donors (Lipinski definition) is 2. The van der Waals surface area contributed by atoms with E-state index in [2.05, 4.69) is 4.98 Å². The van der Waals surface area contributed by atoms with Gasteiger partial charge in [-0.05, 0) is 30.7 Å². The van der Waals surface area contributed by atoms with Crippen LogP contribution in [-0.2, 0) is 11.2 Å². The standard InChI is InChI=1S/C16H15NO3S/c1-9-6-7-13(21-9)16-11(8-14(18)19)10-4-3-5-12(20-2)15(10)17-16/h3-7,17H,8H2,1-2H3,(H,18,19). The molecule has 2 aromatic heterocycles. The fraction of sp³-hybridized carbons (Fsp3) is 0.188. The van der Waals surface area contributed by atoms with E-state index in [1.54, 1.807) is 18.4 Å². The molecule has 0 atom stereocenters. The molecular weight excluding hydrogens is 286 g/mol. The second-order valence-corrected chi connectivity index (χ2v) is 6.13. The molecule has 0 amide bonds. The number of carboxylic acid groups (broad SMARTS) is 1. The van der Waals surface area contributed by atoms with Gasteiger partial charge in [0.25, 0.3) is 0 Å². The van der Waals surface area contributed by atoms with Crippen molar-refractivity contribution in [3.05, 3.63) is 40.8 Å². The average molecular weight is 301 g/mol. The Hall–Kier alpha value is -2.27. The highest BCUT2D eigenvalue weighted by molar-refractivity contribution is 7.15. The second kappa shape index (κ2) is 5.26. The summed E-state index contributed by atoms with van der Waals surface area (Å²) in [6.45, 7) is 2.04. The number of carboxylic acids is 1. The van der Waals surface area contributed by atoms with Crippen molar-refractivity contribution in [1.82, 2.24) is 4.98 Å². The van der Waals surface area contributed by atoms with Gasteiger partial charge in [0, 0.05) is 10.3 Å². The highest BCUT2D eigenvalue weighted by atomic mass is 32.1. The van der Waals surface area contributed by atoms with Crippen molar-refractivity contribution < 1.29 is 14.6 Å². The Bertz CT molecular complexity index is 816. The van der Waals surface area contributed by atoms with Crippen LogP contribution in [0.1, 0.15) is 10.4 Å². The van der Waals surface area contributed by atoms with E-state index in [4.69, 9.17) is 4.74 Å². The molecule has 3 rings (SSSR count). The number of H-pyrrole nitrogens is 1. The molecule has 0 fully saturated rings. The van der Waals surface area contributed by atoms with Gasteiger partial charge in [0.1, 0.15) is 5.75 Å². The van der Waals surface area contributed by atoms with Crippen LogP contribution in [0.4, 0.5) is 0 Å². The van der Waals surface area contributed by atoms with Crippen molar-refractivity contribution in [2.45, 2.75) is 13.3 Å². The lowest BCUT2D eigenvalue weighted by Crippen LogP contribution is -2.00. The molecule has 21 heavy (non-hydrogen) atoms. The zero-order chi connectivity index (χ0) is 15.0. The van der Waals surface area contributed by atoms with E-state index in [1.165, 1.54) is 4.88 Å². The number of ether oxygens (including phenoxy) is 1. The Kier molecular flexibility index (Phi) is 3.43. The SMILES string of the molecule is COc1cccc2c(CC(=O)O)c(-c3ccc(C)s3)[nH]c12. The zero-order valence-corrected chi connectivity index (χ0v) is 12.6. The molecule has 0 aliphatic carbocycles. The number of rotatable bonds is 4. The van der Waals surface area contributed by atoms with E-state index in [0.29, 0.717) is 0 Å². The van der Waals surface area contributed by atoms with Gasteiger partial charge in [0.2, 0.25) is 0 Å². The maximum atomic E-state index is 11.2. The van der Waals surface area contributed by atoms with Crippen LogP contribution in [0.25, 0.3) is 21.5 Å². The van der Waals surface area contributed by atoms with Crippen LogP contribution in [-0.4, -0.2) is 23.2 Å². The van der Waals surface area contributed by atoms with Crippen LogP contribution < -0.4 is 4.74 Å². The number of aliphatic carboxylic acids is 1. The van der Waals surface area contributed by atoms with Gasteiger partial charge in [-0.15, -0.1) is 11.3 Å². The highest BCUT2D eigenvalue weighted by Gasteiger charge is 2.18. The number of aromatic amines is 1. The third-order valence-corrected chi connectivity index (χ3v) is 4.46. The predicted octanol–water partition coefficient (Wildman–Crippen LogP) is 3.84. The van der Waals surface area contributed by atoms with Gasteiger partial charge in [-0.1, -0.05) is 12.1 Å². The van der Waals surface area contributed by atoms with Gasteiger partial charge in [-0.25, -0.2) is 0 Å². The third-order valence-electron chi connectivity index (χ3n) is 3.44. The summed E-state index contributed by atoms with van der Waals surface area (Å²) in [4.78, 5) is 16.8. The van der Waals surface area contributed by atoms with Crippen molar-refractivity contribution in [1.29, 1.82) is 0 Å². The number of fused-ring (bicyclic) bond motifs is 1. The fourth-order valence-electron chi connectivity index (χ4n) is 2.53. The quantitative estimate of drug-likeness (QED) is 0.769. The Morgan fingerprint density at radius 1 is 1.33 bits per heavy atom. The summed E-state index contributed by atoms with van der Waals surface area (Å²) in [6.07, 6.45) is -0.0144. The predicted molar refractivity (Wildman–Crippen MR) is 84.2 cm³/mol. The molecule has 0 aliphatic rings. The van der Waals surface area contributed by atoms with Crippen molar-refractivity contribution in [2.24, 2.45) is 0 Å². The van der Waals surface area contributed by atoms with Gasteiger partial charge in [0.15, 0.2) is 0 Å². The van der Waals surface area contributed by atoms with E-state index in [9.17, 15) is 9.90 Å². The summed E-state index contributed by atoms with van der Waals surface area (Å²) < 4.78 is 5.37. The molecule has 3 aromatic rings. The van der Waals surface area contributed by atoms with Gasteiger partial charge in [0.05, 0.1) is 29.6 Å². The molecule has 0 saturated carbocycles. The Morgan fingerprint density at radius 3 is 2.76 bits per heavy atom. The van der Waals surface area contributed by atoms with Crippen molar-refractivity contribution in [2.75, 3.05) is 7.11 Å². The van der Waals surface area contributed by atoms with Crippen LogP contribution in [0.15, 0.2) is 30.3 Å². The normalized spacial score (nSPS) is 11.0. The van der Waals surface area contributed by atoms with Gasteiger partial charge in [-0.2, -0.15) is 0 Å². The molecule has 5 heteroatoms. The summed E-state index contributed by atoms with van der Waals surface area (Å²) in [5.74, 6) is -0.119. The van der Waals surface area contributed by atoms with Crippen LogP contribution in [0.2, 0.25) is 0 Å². The molecular formula is C16H15NO3S. The monoisotopic (exact) mass is 301 g/mol. The van der Waals surface area contributed by atoms with Gasteiger partial charge in [-0.3, -0.25) is 4.79 Å². The lowest BCUT2D eigenvalue weighted by Gasteiger charge is -2.01. The molecule has 2 heterocycles. The summed E-state index contributed by atoms with van der Waals surface area (Å²) in [5, 5.41) is 10.1. The maximum absolute atomic E-state index is 11.2. The number of thiophene rings is 1. The number of benzene rings is 1. The summed E-state index contributed by atoms with van der Waals surface area (Å²) in [6, 6.07) is 9.73. The molecule has 2 N–H and O–H groups in total. The summed E-state index contributed by atoms with van der Waals surface area (Å²) in [7, 11) is 1.61. The van der Waals surface area contributed by atoms with Crippen molar-refractivity contribution in [3.8, 4) is 16.3 Å². The Morgan fingerprint density at radius 2 is 2.14 bits per heavy atom. The first-order valence-corrected chi connectivity index (χ1v) is 7.38. The lowest BCUT2D eigenvalue weighted by molar-refractivity contribution is -0.136. The van der Waals surface area contributed by atoms with Gasteiger partial charge < -0.3 is 14.8 Å². The first kappa shape index (κ1) is 13.7. The Labute approximate surface area is 126 Å². The van der Waals surface area contributed by atoms with E-state index in [1.807, 2.05) is 37.3 Å². The molecule has 0 aliphatic heterocycles. The average Bonchev–Trinajstić information content (AvgIpc) is 3.02. The third kappa shape index (κ3) is 2.40. The minimum atomic E-state index is -0.840. The molecule has 108 valence electrons. The van der Waals surface area contributed by atoms with Gasteiger partial charge >= 0.3 is 5.97 Å². The van der Waals surface area contributed by atoms with Crippen molar-refractivity contribution in [3.63, 3.8) is 0 Å². The second-order valence-electron chi connectivity index (χ2n) is 4.84. The first-order chi connectivity index (χ1) is 10.1. The number of hydrogen-bond acceptors (Lipinski definition) is 3. The molecule has 0 unspecified atom stereocenters. The molecule has 0 spiro atoms. The van der Waals surface area contributed by atoms with Crippen LogP contribution in [0.5, 0.6) is 5.75 Å². The Balaban J connectivity index is 2.29. The zero-order valence-electron chi connectivity index (χ0n) is 11.8. The number of methoxy groups -OCH3 is 1. The summed E-state index contributed by atoms with van der Waals surface area (Å²) in [5.41, 5.74) is 2.52. The van der Waals surface area contributed by atoms with E-state index in [0.717, 1.165) is 32.8 Å². The maximum Gasteiger partial charge on any atom is 0.307 e. The molecule has 0 bridgehead atoms. The largest absolute Gasteiger partial charge is 0.495 e. The first-order valence-electron chi connectivity index (χ1n) is 6.56. The number of para-hydroxylation sites is 1. The number of carbonyl (C=O) groups is 1. The van der Waals surface area contributed by atoms with E-state index in [-0.39, 0.29) is 6.42 Å². The number of nitrogens with one attached hydrogen (secondary N) is 1. The highest BCUT2D eigenvalue weighted by Crippen LogP contribution is 2.37. The molecule has 0 saturated heterocycles. The lowest BCUT2D eigenvalue weighted by atomic mass is 10.1. The van der Waals surface area contributed by atoms with E-state index < -0.39 is 5.97 Å². The van der Waals surface area contributed by atoms with Crippen LogP contribution in [0, 0.1) is 6.92 Å². The topological polar surface area (TPSA) is 62.3 Å². The minimum Gasteiger partial charge on any atom is -0.495 e. The van der Waals surface area contributed by atoms with Crippen molar-refractivity contribution >= 4 is 28.2 Å². The smallest absolute Gasteiger partial charge is 0.307 e. The van der Waals surface area contributed by atoms with E-state index >= 15 is 0 Å². The number of aryl methyl sites for hydroxylation is 1.